The summed E-state index contributed by atoms with van der Waals surface area (Å²) in [5, 5.41) is 11.6. The molecule has 0 radical (unpaired) electrons. The Bertz CT molecular complexity index is 719. The third kappa shape index (κ3) is 2.31. The summed E-state index contributed by atoms with van der Waals surface area (Å²) in [4.78, 5) is 15.9. The van der Waals surface area contributed by atoms with Gasteiger partial charge < -0.3 is 10.1 Å². The second kappa shape index (κ2) is 5.02. The maximum absolute atomic E-state index is 12.1. The Labute approximate surface area is 115 Å². The molecule has 0 aliphatic carbocycles. The molecule has 0 saturated heterocycles. The van der Waals surface area contributed by atoms with Crippen molar-refractivity contribution in [1.29, 1.82) is 5.26 Å². The highest BCUT2D eigenvalue weighted by molar-refractivity contribution is 6.04. The summed E-state index contributed by atoms with van der Waals surface area (Å²) in [6.45, 7) is 0.683. The van der Waals surface area contributed by atoms with Gasteiger partial charge in [0.25, 0.3) is 5.91 Å². The van der Waals surface area contributed by atoms with Gasteiger partial charge >= 0.3 is 0 Å². The summed E-state index contributed by atoms with van der Waals surface area (Å²) in [5.74, 6) is 0.612. The molecule has 0 spiro atoms. The van der Waals surface area contributed by atoms with E-state index in [4.69, 9.17) is 10.00 Å². The van der Waals surface area contributed by atoms with Crippen LogP contribution in [0.2, 0.25) is 0 Å². The number of benzene rings is 1. The number of ether oxygens (including phenoxy) is 1. The van der Waals surface area contributed by atoms with Gasteiger partial charge in [-0.2, -0.15) is 5.26 Å². The fourth-order valence-electron chi connectivity index (χ4n) is 2.10. The molecule has 1 aromatic carbocycles. The normalized spacial score (nSPS) is 12.2. The van der Waals surface area contributed by atoms with E-state index in [2.05, 4.69) is 10.3 Å². The molecule has 1 aromatic heterocycles. The van der Waals surface area contributed by atoms with Gasteiger partial charge in [-0.15, -0.1) is 0 Å². The molecule has 5 heteroatoms. The second-order valence-electron chi connectivity index (χ2n) is 4.42. The molecule has 2 heterocycles. The molecular formula is C15H11N3O2. The monoisotopic (exact) mass is 265 g/mol. The Morgan fingerprint density at radius 1 is 1.35 bits per heavy atom. The number of aromatic nitrogens is 1. The van der Waals surface area contributed by atoms with Crippen molar-refractivity contribution in [3.8, 4) is 11.8 Å². The number of nitriles is 1. The lowest BCUT2D eigenvalue weighted by atomic mass is 10.1. The summed E-state index contributed by atoms with van der Waals surface area (Å²) in [6, 6.07) is 10.5. The summed E-state index contributed by atoms with van der Waals surface area (Å²) < 4.78 is 5.42. The van der Waals surface area contributed by atoms with Gasteiger partial charge in [0.2, 0.25) is 0 Å². The number of hydrogen-bond donors (Lipinski definition) is 1. The number of carbonyl (C=O) groups excluding carboxylic acids is 1. The van der Waals surface area contributed by atoms with Crippen LogP contribution in [0.15, 0.2) is 36.5 Å². The van der Waals surface area contributed by atoms with Gasteiger partial charge in [0.1, 0.15) is 17.5 Å². The van der Waals surface area contributed by atoms with Crippen LogP contribution in [0.1, 0.15) is 21.6 Å². The second-order valence-corrected chi connectivity index (χ2v) is 4.42. The van der Waals surface area contributed by atoms with Crippen molar-refractivity contribution in [2.75, 3.05) is 11.9 Å². The Kier molecular flexibility index (Phi) is 3.05. The van der Waals surface area contributed by atoms with E-state index in [0.717, 1.165) is 23.4 Å². The fourth-order valence-corrected chi connectivity index (χ4v) is 2.10. The number of anilines is 1. The summed E-state index contributed by atoms with van der Waals surface area (Å²) >= 11 is 0. The molecule has 20 heavy (non-hydrogen) atoms. The van der Waals surface area contributed by atoms with Crippen LogP contribution in [0.25, 0.3) is 0 Å². The summed E-state index contributed by atoms with van der Waals surface area (Å²) in [6.07, 6.45) is 2.30. The molecule has 98 valence electrons. The van der Waals surface area contributed by atoms with Gasteiger partial charge in [-0.05, 0) is 35.9 Å². The molecule has 1 N–H and O–H groups in total. The molecule has 2 aromatic rings. The van der Waals surface area contributed by atoms with Crippen LogP contribution in [0.3, 0.4) is 0 Å². The van der Waals surface area contributed by atoms with Gasteiger partial charge in [0.05, 0.1) is 6.61 Å². The SMILES string of the molecule is N#Cc1cc(C(=O)Nc2ccc3c(c2)CCO3)ccn1. The fraction of sp³-hybridized carbons (Fsp3) is 0.133. The molecule has 1 aliphatic rings. The zero-order valence-electron chi connectivity index (χ0n) is 10.6. The maximum atomic E-state index is 12.1. The molecule has 0 unspecified atom stereocenters. The zero-order valence-corrected chi connectivity index (χ0v) is 10.6. The van der Waals surface area contributed by atoms with Gasteiger partial charge in [-0.1, -0.05) is 0 Å². The first-order valence-electron chi connectivity index (χ1n) is 6.19. The molecular weight excluding hydrogens is 254 g/mol. The topological polar surface area (TPSA) is 75.0 Å². The summed E-state index contributed by atoms with van der Waals surface area (Å²) in [7, 11) is 0. The molecule has 1 amide bonds. The van der Waals surface area contributed by atoms with E-state index < -0.39 is 0 Å². The van der Waals surface area contributed by atoms with Crippen molar-refractivity contribution in [2.45, 2.75) is 6.42 Å². The van der Waals surface area contributed by atoms with Crippen molar-refractivity contribution in [2.24, 2.45) is 0 Å². The van der Waals surface area contributed by atoms with E-state index in [1.807, 2.05) is 18.2 Å². The molecule has 0 fully saturated rings. The van der Waals surface area contributed by atoms with Crippen molar-refractivity contribution < 1.29 is 9.53 Å². The van der Waals surface area contributed by atoms with Crippen LogP contribution in [0.4, 0.5) is 5.69 Å². The largest absolute Gasteiger partial charge is 0.493 e. The number of pyridine rings is 1. The minimum atomic E-state index is -0.261. The van der Waals surface area contributed by atoms with Crippen LogP contribution in [0, 0.1) is 11.3 Å². The van der Waals surface area contributed by atoms with Crippen LogP contribution >= 0.6 is 0 Å². The molecule has 0 bridgehead atoms. The molecule has 0 atom stereocenters. The number of nitrogens with zero attached hydrogens (tertiary/aromatic N) is 2. The van der Waals surface area contributed by atoms with Crippen molar-refractivity contribution in [3.05, 3.63) is 53.3 Å². The number of amides is 1. The summed E-state index contributed by atoms with van der Waals surface area (Å²) in [5.41, 5.74) is 2.44. The smallest absolute Gasteiger partial charge is 0.255 e. The number of nitrogens with one attached hydrogen (secondary N) is 1. The predicted octanol–water partition coefficient (Wildman–Crippen LogP) is 2.14. The molecule has 1 aliphatic heterocycles. The van der Waals surface area contributed by atoms with Crippen LogP contribution < -0.4 is 10.1 Å². The molecule has 5 nitrogen and oxygen atoms in total. The van der Waals surface area contributed by atoms with Crippen LogP contribution in [0.5, 0.6) is 5.75 Å². The molecule has 3 rings (SSSR count). The first-order chi connectivity index (χ1) is 9.76. The first-order valence-corrected chi connectivity index (χ1v) is 6.19. The zero-order chi connectivity index (χ0) is 13.9. The van der Waals surface area contributed by atoms with E-state index in [9.17, 15) is 4.79 Å². The Balaban J connectivity index is 1.80. The Hall–Kier alpha value is -2.87. The van der Waals surface area contributed by atoms with E-state index in [0.29, 0.717) is 12.2 Å². The van der Waals surface area contributed by atoms with E-state index >= 15 is 0 Å². The lowest BCUT2D eigenvalue weighted by Crippen LogP contribution is -2.12. The number of rotatable bonds is 2. The van der Waals surface area contributed by atoms with Crippen molar-refractivity contribution in [3.63, 3.8) is 0 Å². The number of hydrogen-bond acceptors (Lipinski definition) is 4. The van der Waals surface area contributed by atoms with Gasteiger partial charge in [0.15, 0.2) is 0 Å². The van der Waals surface area contributed by atoms with Gasteiger partial charge in [-0.3, -0.25) is 4.79 Å². The predicted molar refractivity (Wildman–Crippen MR) is 72.5 cm³/mol. The highest BCUT2D eigenvalue weighted by Gasteiger charge is 2.13. The Morgan fingerprint density at radius 2 is 2.25 bits per heavy atom. The van der Waals surface area contributed by atoms with Gasteiger partial charge in [-0.25, -0.2) is 4.98 Å². The van der Waals surface area contributed by atoms with Crippen LogP contribution in [-0.2, 0) is 6.42 Å². The lowest BCUT2D eigenvalue weighted by Gasteiger charge is -2.07. The Morgan fingerprint density at radius 3 is 3.10 bits per heavy atom. The average molecular weight is 265 g/mol. The molecule has 0 saturated carbocycles. The van der Waals surface area contributed by atoms with Crippen LogP contribution in [-0.4, -0.2) is 17.5 Å². The third-order valence-corrected chi connectivity index (χ3v) is 3.08. The quantitative estimate of drug-likeness (QED) is 0.902. The van der Waals surface area contributed by atoms with Crippen molar-refractivity contribution >= 4 is 11.6 Å². The van der Waals surface area contributed by atoms with Gasteiger partial charge in [0, 0.05) is 23.9 Å². The third-order valence-electron chi connectivity index (χ3n) is 3.08. The average Bonchev–Trinajstić information content (AvgIpc) is 2.95. The minimum absolute atomic E-state index is 0.222. The van der Waals surface area contributed by atoms with E-state index in [1.165, 1.54) is 12.3 Å². The van der Waals surface area contributed by atoms with Crippen molar-refractivity contribution in [1.82, 2.24) is 4.98 Å². The maximum Gasteiger partial charge on any atom is 0.255 e. The first kappa shape index (κ1) is 12.2. The number of fused-ring (bicyclic) bond motifs is 1. The number of carbonyl (C=O) groups is 1. The van der Waals surface area contributed by atoms with E-state index in [1.54, 1.807) is 12.1 Å². The minimum Gasteiger partial charge on any atom is -0.493 e. The highest BCUT2D eigenvalue weighted by atomic mass is 16.5. The highest BCUT2D eigenvalue weighted by Crippen LogP contribution is 2.28. The van der Waals surface area contributed by atoms with E-state index in [-0.39, 0.29) is 11.6 Å². The standard InChI is InChI=1S/C15H11N3O2/c16-9-13-8-11(3-5-17-13)15(19)18-12-1-2-14-10(7-12)4-6-20-14/h1-3,5,7-8H,4,6H2,(H,18,19). The lowest BCUT2D eigenvalue weighted by molar-refractivity contribution is 0.102.